The molecule has 0 aliphatic carbocycles. The number of hydrogen-bond acceptors (Lipinski definition) is 7. The minimum Gasteiger partial charge on any atom is -0.478 e. The Kier molecular flexibility index (Phi) is 11.5. The van der Waals surface area contributed by atoms with Gasteiger partial charge in [0.05, 0.1) is 47.7 Å². The molecular weight excluding hydrogens is 968 g/mol. The van der Waals surface area contributed by atoms with Crippen LogP contribution in [0.25, 0.3) is 89.7 Å². The van der Waals surface area contributed by atoms with Crippen molar-refractivity contribution in [3.05, 3.63) is 91.0 Å². The molecule has 9 rings (SSSR count). The molecule has 0 amide bonds. The van der Waals surface area contributed by atoms with Crippen molar-refractivity contribution >= 4 is 92.1 Å². The second-order valence-corrected chi connectivity index (χ2v) is 15.6. The van der Waals surface area contributed by atoms with Crippen molar-refractivity contribution in [2.45, 2.75) is 6.10 Å². The molecule has 0 saturated heterocycles. The van der Waals surface area contributed by atoms with E-state index in [0.29, 0.717) is 45.9 Å². The van der Waals surface area contributed by atoms with Crippen LogP contribution in [-0.2, 0) is 19.5 Å². The van der Waals surface area contributed by atoms with Crippen molar-refractivity contribution < 1.29 is 33.2 Å². The number of benzene rings is 4. The second kappa shape index (κ2) is 15.5. The van der Waals surface area contributed by atoms with Crippen LogP contribution < -0.4 is 4.74 Å². The van der Waals surface area contributed by atoms with Gasteiger partial charge in [-0.25, -0.2) is 29.9 Å². The third kappa shape index (κ3) is 7.88. The molecule has 0 unspecified atom stereocenters. The first-order chi connectivity index (χ1) is 25.0. The quantitative estimate of drug-likeness (QED) is 0.0979. The van der Waals surface area contributed by atoms with Gasteiger partial charge in [-0.1, -0.05) is 84.9 Å². The van der Waals surface area contributed by atoms with E-state index < -0.39 is 0 Å². The normalized spacial score (nSPS) is 12.1. The van der Waals surface area contributed by atoms with E-state index in [4.69, 9.17) is 34.6 Å². The van der Waals surface area contributed by atoms with E-state index in [0.717, 1.165) is 71.6 Å². The van der Waals surface area contributed by atoms with Crippen LogP contribution >= 0.6 is 48.0 Å². The third-order valence-electron chi connectivity index (χ3n) is 9.34. The molecule has 0 spiro atoms. The molecule has 14 heteroatoms. The van der Waals surface area contributed by atoms with Gasteiger partial charge in [0.25, 0.3) is 0 Å². The first-order valence-electron chi connectivity index (χ1n) is 17.5. The largest absolute Gasteiger partial charge is 2.00 e. The first kappa shape index (κ1) is 40.7. The molecule has 5 heterocycles. The molecule has 2 aliphatic heterocycles. The molecular formula is C41H42I2N10OZn+4. The summed E-state index contributed by atoms with van der Waals surface area (Å²) < 4.78 is 8.53. The Hall–Kier alpha value is -3.96. The van der Waals surface area contributed by atoms with Gasteiger partial charge in [-0.3, -0.25) is 0 Å². The van der Waals surface area contributed by atoms with Gasteiger partial charge in [0.2, 0.25) is 0 Å². The number of halogens is 2. The molecule has 4 aromatic carbocycles. The minimum absolute atomic E-state index is 0. The first-order valence-corrected chi connectivity index (χ1v) is 17.5. The predicted octanol–water partition coefficient (Wildman–Crippen LogP) is 8.26. The molecule has 2 aliphatic rings. The number of quaternary nitrogens is 2. The van der Waals surface area contributed by atoms with Crippen molar-refractivity contribution in [1.29, 1.82) is 0 Å². The molecule has 0 radical (unpaired) electrons. The molecule has 0 saturated carbocycles. The topological polar surface area (TPSA) is 118 Å². The van der Waals surface area contributed by atoms with Crippen LogP contribution in [0, 0.1) is 0 Å². The van der Waals surface area contributed by atoms with Crippen LogP contribution in [0.1, 0.15) is 0 Å². The zero-order valence-corrected chi connectivity index (χ0v) is 39.3. The number of nitrogens with zero attached hydrogens (tertiary/aromatic N) is 8. The van der Waals surface area contributed by atoms with Gasteiger partial charge in [0.1, 0.15) is 41.4 Å². The van der Waals surface area contributed by atoms with Crippen LogP contribution in [0.15, 0.2) is 91.0 Å². The van der Waals surface area contributed by atoms with Gasteiger partial charge < -0.3 is 23.7 Å². The number of fused-ring (bicyclic) bond motifs is 20. The Balaban J connectivity index is 0.00000171. The molecule has 7 aromatic rings. The van der Waals surface area contributed by atoms with Crippen LogP contribution in [-0.4, -0.2) is 110 Å². The maximum absolute atomic E-state index is 6.99. The number of aromatic amines is 2. The summed E-state index contributed by atoms with van der Waals surface area (Å²) in [5, 5.41) is 3.61. The standard InChI is InChI=1S/C41H40N10O.2HI.Zn/c1-50(2,3)22-24(23-51(4,5)6)52-32-21-13-20-31-33(32)41-48-39-30-19-12-11-18-29(30)37(46-39)44-35-26-15-8-7-14-25(26)34(42-35)43-36-27-16-9-10-17-28(27)38(45-36)47-40(31)49-41;;;/h7-21,24H,22-23H2,1-6H3,(H2,42,43,44,45,46,47,48,49);2*1H;/q+2;;;+2. The summed E-state index contributed by atoms with van der Waals surface area (Å²) in [6.45, 7) is 1.65. The van der Waals surface area contributed by atoms with Gasteiger partial charge >= 0.3 is 19.5 Å². The molecule has 8 bridgehead atoms. The zero-order valence-electron chi connectivity index (χ0n) is 31.7. The van der Waals surface area contributed by atoms with E-state index in [1.807, 2.05) is 72.8 Å². The SMILES string of the molecule is C[N+](C)(C)CC(C[N+](C)(C)C)Oc1cccc2c3nc4nc(nc5nc(nc6[nH]c(nc([nH]3)c12)c1ccccc61)-c1ccccc1-5)-c1ccccc1-4.I.I.[Zn+2]. The molecule has 11 nitrogen and oxygen atoms in total. The summed E-state index contributed by atoms with van der Waals surface area (Å²) in [5.41, 5.74) is 6.19. The molecule has 55 heavy (non-hydrogen) atoms. The van der Waals surface area contributed by atoms with Crippen molar-refractivity contribution in [3.8, 4) is 51.3 Å². The van der Waals surface area contributed by atoms with E-state index in [9.17, 15) is 0 Å². The predicted molar refractivity (Wildman–Crippen MR) is 237 cm³/mol. The van der Waals surface area contributed by atoms with E-state index in [1.54, 1.807) is 0 Å². The Morgan fingerprint density at radius 1 is 0.473 bits per heavy atom. The van der Waals surface area contributed by atoms with E-state index in [-0.39, 0.29) is 73.5 Å². The summed E-state index contributed by atoms with van der Waals surface area (Å²) in [7, 11) is 13.2. The average molecular weight is 1010 g/mol. The monoisotopic (exact) mass is 1010 g/mol. The van der Waals surface area contributed by atoms with Crippen LogP contribution in [0.5, 0.6) is 5.75 Å². The minimum atomic E-state index is -0.0616. The molecule has 0 atom stereocenters. The zero-order chi connectivity index (χ0) is 35.8. The van der Waals surface area contributed by atoms with Gasteiger partial charge in [-0.2, -0.15) is 0 Å². The molecule has 3 aromatic heterocycles. The fourth-order valence-corrected chi connectivity index (χ4v) is 7.29. The van der Waals surface area contributed by atoms with E-state index in [1.165, 1.54) is 0 Å². The fourth-order valence-electron chi connectivity index (χ4n) is 7.29. The van der Waals surface area contributed by atoms with Crippen molar-refractivity contribution in [1.82, 2.24) is 39.9 Å². The number of nitrogens with one attached hydrogen (secondary N) is 2. The van der Waals surface area contributed by atoms with Crippen LogP contribution in [0.4, 0.5) is 0 Å². The fraction of sp³-hybridized carbons (Fsp3) is 0.220. The molecule has 2 N–H and O–H groups in total. The summed E-state index contributed by atoms with van der Waals surface area (Å²) in [5.74, 6) is 2.99. The maximum atomic E-state index is 6.99. The van der Waals surface area contributed by atoms with Crippen molar-refractivity contribution in [2.75, 3.05) is 55.4 Å². The second-order valence-electron chi connectivity index (χ2n) is 15.6. The van der Waals surface area contributed by atoms with Crippen LogP contribution in [0.2, 0.25) is 0 Å². The number of H-pyrrole nitrogens is 2. The number of aromatic nitrogens is 8. The Morgan fingerprint density at radius 3 is 1.33 bits per heavy atom. The average Bonchev–Trinajstić information content (AvgIpc) is 3.83. The van der Waals surface area contributed by atoms with Gasteiger partial charge in [-0.05, 0) is 6.07 Å². The Labute approximate surface area is 366 Å². The smallest absolute Gasteiger partial charge is 0.478 e. The third-order valence-corrected chi connectivity index (χ3v) is 9.34. The summed E-state index contributed by atoms with van der Waals surface area (Å²) in [6, 6.07) is 30.3. The van der Waals surface area contributed by atoms with Gasteiger partial charge in [0, 0.05) is 38.4 Å². The van der Waals surface area contributed by atoms with Crippen LogP contribution in [0.3, 0.4) is 0 Å². The van der Waals surface area contributed by atoms with Gasteiger partial charge in [-0.15, -0.1) is 48.0 Å². The van der Waals surface area contributed by atoms with E-state index in [2.05, 4.69) is 70.5 Å². The van der Waals surface area contributed by atoms with Crippen molar-refractivity contribution in [3.63, 3.8) is 0 Å². The summed E-state index contributed by atoms with van der Waals surface area (Å²) in [6.07, 6.45) is -0.0616. The number of hydrogen-bond donors (Lipinski definition) is 2. The molecule has 0 fully saturated rings. The number of ether oxygens (including phenoxy) is 1. The molecule has 274 valence electrons. The Bertz CT molecular complexity index is 2720. The summed E-state index contributed by atoms with van der Waals surface area (Å²) in [4.78, 5) is 37.7. The van der Waals surface area contributed by atoms with Gasteiger partial charge in [0.15, 0.2) is 29.4 Å². The van der Waals surface area contributed by atoms with Crippen molar-refractivity contribution in [2.24, 2.45) is 0 Å². The number of rotatable bonds is 6. The number of likely N-dealkylation sites (N-methyl/N-ethyl adjacent to an activating group) is 2. The Morgan fingerprint density at radius 2 is 0.855 bits per heavy atom. The summed E-state index contributed by atoms with van der Waals surface area (Å²) >= 11 is 0. The maximum Gasteiger partial charge on any atom is 2.00 e. The van der Waals surface area contributed by atoms with E-state index >= 15 is 0 Å².